The first-order valence-electron chi connectivity index (χ1n) is 17.4. The van der Waals surface area contributed by atoms with E-state index in [0.29, 0.717) is 0 Å². The quantitative estimate of drug-likeness (QED) is 0.118. The molecular weight excluding hydrogens is 696 g/mol. The van der Waals surface area contributed by atoms with Crippen LogP contribution in [0, 0.1) is 0 Å². The molecule has 0 amide bonds. The Balaban J connectivity index is 0.000000177. The monoisotopic (exact) mass is 738 g/mol. The molecule has 0 aromatic heterocycles. The maximum absolute atomic E-state index is 2.35. The van der Waals surface area contributed by atoms with Gasteiger partial charge in [-0.2, -0.15) is 12.1 Å². The van der Waals surface area contributed by atoms with Crippen LogP contribution in [0.5, 0.6) is 0 Å². The van der Waals surface area contributed by atoms with Crippen molar-refractivity contribution in [2.45, 2.75) is 39.8 Å². The van der Waals surface area contributed by atoms with Crippen molar-refractivity contribution in [1.29, 1.82) is 0 Å². The van der Waals surface area contributed by atoms with Gasteiger partial charge in [0.05, 0.1) is 0 Å². The van der Waals surface area contributed by atoms with Gasteiger partial charge >= 0.3 is 26.2 Å². The van der Waals surface area contributed by atoms with E-state index in [1.807, 2.05) is 0 Å². The third-order valence-corrected chi connectivity index (χ3v) is 9.05. The number of fused-ring (bicyclic) bond motifs is 2. The zero-order valence-corrected chi connectivity index (χ0v) is 33.0. The molecule has 0 aliphatic rings. The van der Waals surface area contributed by atoms with Crippen LogP contribution in [0.2, 0.25) is 13.1 Å². The SMILES string of the molecule is CCc1cc2c(-c3ccccc3)ccc(-c3ccccc3)c2[cH-]1.CCc1cc2c(-c3ccccc3)ccc(-c3ccccc3)c2[cH-]1.C[Si]C.[Zr+2]. The van der Waals surface area contributed by atoms with Crippen LogP contribution in [0.3, 0.4) is 0 Å². The molecule has 50 heavy (non-hydrogen) atoms. The molecule has 0 N–H and O–H groups in total. The Kier molecular flexibility index (Phi) is 13.3. The van der Waals surface area contributed by atoms with E-state index in [1.54, 1.807) is 0 Å². The van der Waals surface area contributed by atoms with E-state index < -0.39 is 0 Å². The summed E-state index contributed by atoms with van der Waals surface area (Å²) in [7, 11) is 1.08. The Morgan fingerprint density at radius 3 is 0.940 bits per heavy atom. The van der Waals surface area contributed by atoms with Crippen molar-refractivity contribution in [3.05, 3.63) is 181 Å². The van der Waals surface area contributed by atoms with Gasteiger partial charge in [-0.3, -0.25) is 0 Å². The summed E-state index contributed by atoms with van der Waals surface area (Å²) in [4.78, 5) is 0. The van der Waals surface area contributed by atoms with Crippen LogP contribution in [0.25, 0.3) is 66.1 Å². The third-order valence-electron chi connectivity index (χ3n) is 9.05. The van der Waals surface area contributed by atoms with E-state index in [9.17, 15) is 0 Å². The molecule has 8 aromatic carbocycles. The number of aryl methyl sites for hydroxylation is 2. The average molecular weight is 740 g/mol. The van der Waals surface area contributed by atoms with Crippen LogP contribution >= 0.6 is 0 Å². The predicted molar refractivity (Wildman–Crippen MR) is 217 cm³/mol. The minimum absolute atomic E-state index is 0. The molecule has 0 saturated heterocycles. The Hall–Kier alpha value is -4.36. The normalized spacial score (nSPS) is 10.5. The Morgan fingerprint density at radius 1 is 0.400 bits per heavy atom. The van der Waals surface area contributed by atoms with Crippen molar-refractivity contribution in [1.82, 2.24) is 0 Å². The van der Waals surface area contributed by atoms with Crippen molar-refractivity contribution in [2.75, 3.05) is 0 Å². The first-order valence-corrected chi connectivity index (χ1v) is 19.4. The molecule has 0 nitrogen and oxygen atoms in total. The minimum Gasteiger partial charge on any atom is -0.164 e. The second kappa shape index (κ2) is 18.0. The number of rotatable bonds is 6. The maximum atomic E-state index is 2.35. The van der Waals surface area contributed by atoms with Gasteiger partial charge in [0, 0.05) is 9.52 Å². The molecule has 0 fully saturated rings. The molecule has 0 spiro atoms. The molecule has 0 aliphatic carbocycles. The minimum atomic E-state index is 0. The number of hydrogen-bond acceptors (Lipinski definition) is 0. The van der Waals surface area contributed by atoms with Gasteiger partial charge in [0.2, 0.25) is 0 Å². The van der Waals surface area contributed by atoms with E-state index >= 15 is 0 Å². The smallest absolute Gasteiger partial charge is 0.164 e. The summed E-state index contributed by atoms with van der Waals surface area (Å²) < 4.78 is 0. The summed E-state index contributed by atoms with van der Waals surface area (Å²) in [6.45, 7) is 8.75. The second-order valence-electron chi connectivity index (χ2n) is 12.4. The summed E-state index contributed by atoms with van der Waals surface area (Å²) in [5.41, 5.74) is 13.2. The van der Waals surface area contributed by atoms with Crippen LogP contribution in [-0.2, 0) is 39.0 Å². The maximum Gasteiger partial charge on any atom is 2.00 e. The fraction of sp³-hybridized carbons (Fsp3) is 0.125. The molecular formula is C48H44SiZr. The van der Waals surface area contributed by atoms with E-state index in [0.717, 1.165) is 22.4 Å². The van der Waals surface area contributed by atoms with Crippen molar-refractivity contribution in [3.63, 3.8) is 0 Å². The van der Waals surface area contributed by atoms with Crippen molar-refractivity contribution < 1.29 is 26.2 Å². The van der Waals surface area contributed by atoms with Crippen LogP contribution in [-0.4, -0.2) is 9.52 Å². The van der Waals surface area contributed by atoms with E-state index in [1.165, 1.54) is 77.2 Å². The first kappa shape index (κ1) is 36.9. The van der Waals surface area contributed by atoms with Gasteiger partial charge in [0.1, 0.15) is 0 Å². The summed E-state index contributed by atoms with van der Waals surface area (Å²) in [6.07, 6.45) is 2.13. The zero-order valence-electron chi connectivity index (χ0n) is 29.6. The largest absolute Gasteiger partial charge is 2.00 e. The molecule has 0 aliphatic heterocycles. The van der Waals surface area contributed by atoms with Crippen molar-refractivity contribution >= 4 is 31.1 Å². The first-order chi connectivity index (χ1) is 24.1. The van der Waals surface area contributed by atoms with Crippen molar-refractivity contribution in [2.24, 2.45) is 0 Å². The number of hydrogen-bond donors (Lipinski definition) is 0. The molecule has 0 saturated carbocycles. The second-order valence-corrected chi connectivity index (χ2v) is 13.4. The van der Waals surface area contributed by atoms with Gasteiger partial charge in [0.15, 0.2) is 0 Å². The van der Waals surface area contributed by atoms with Gasteiger partial charge in [-0.1, -0.05) is 206 Å². The predicted octanol–water partition coefficient (Wildman–Crippen LogP) is 13.7. The summed E-state index contributed by atoms with van der Waals surface area (Å²) in [5.74, 6) is 0. The number of benzene rings is 6. The van der Waals surface area contributed by atoms with Crippen molar-refractivity contribution in [3.8, 4) is 44.5 Å². The van der Waals surface area contributed by atoms with Gasteiger partial charge in [-0.05, 0) is 24.0 Å². The van der Waals surface area contributed by atoms with E-state index in [4.69, 9.17) is 0 Å². The fourth-order valence-electron chi connectivity index (χ4n) is 6.61. The molecule has 0 atom stereocenters. The van der Waals surface area contributed by atoms with Gasteiger partial charge < -0.3 is 0 Å². The van der Waals surface area contributed by atoms with Crippen LogP contribution < -0.4 is 0 Å². The van der Waals surface area contributed by atoms with Gasteiger partial charge in [-0.15, -0.1) is 44.8 Å². The topological polar surface area (TPSA) is 0 Å². The summed E-state index contributed by atoms with van der Waals surface area (Å²) in [5, 5.41) is 5.42. The molecule has 2 radical (unpaired) electrons. The molecule has 0 unspecified atom stereocenters. The Bertz CT molecular complexity index is 1900. The molecule has 8 rings (SSSR count). The summed E-state index contributed by atoms with van der Waals surface area (Å²) in [6, 6.07) is 61.1. The van der Waals surface area contributed by atoms with Crippen LogP contribution in [0.15, 0.2) is 170 Å². The van der Waals surface area contributed by atoms with E-state index in [2.05, 4.69) is 197 Å². The van der Waals surface area contributed by atoms with Gasteiger partial charge in [0.25, 0.3) is 0 Å². The molecule has 244 valence electrons. The standard InChI is InChI=1S/2C23H19.C2H6Si.Zr/c2*1-2-17-15-22-20(18-9-5-3-6-10-18)13-14-21(23(22)16-17)19-11-7-4-8-12-19;1-3-2;/h2*3-16H,2H2,1H3;1-2H3;/q2*-1;;+2. The third kappa shape index (κ3) is 8.32. The fourth-order valence-corrected chi connectivity index (χ4v) is 6.61. The van der Waals surface area contributed by atoms with Crippen LogP contribution in [0.4, 0.5) is 0 Å². The van der Waals surface area contributed by atoms with Crippen LogP contribution in [0.1, 0.15) is 25.0 Å². The Labute approximate surface area is 320 Å². The van der Waals surface area contributed by atoms with E-state index in [-0.39, 0.29) is 26.2 Å². The Morgan fingerprint density at radius 2 is 0.660 bits per heavy atom. The molecule has 2 heteroatoms. The zero-order chi connectivity index (χ0) is 34.0. The average Bonchev–Trinajstić information content (AvgIpc) is 3.81. The molecule has 0 bridgehead atoms. The van der Waals surface area contributed by atoms with Gasteiger partial charge in [-0.25, -0.2) is 0 Å². The molecule has 0 heterocycles. The molecule has 8 aromatic rings. The summed E-state index contributed by atoms with van der Waals surface area (Å²) >= 11 is 0.